The van der Waals surface area contributed by atoms with Crippen molar-refractivity contribution in [3.05, 3.63) is 0 Å². The van der Waals surface area contributed by atoms with Crippen molar-refractivity contribution in [3.8, 4) is 0 Å². The minimum atomic E-state index is -4.50. The summed E-state index contributed by atoms with van der Waals surface area (Å²) in [5, 5.41) is 9.29. The van der Waals surface area contributed by atoms with E-state index in [-0.39, 0.29) is 13.0 Å². The number of ether oxygens (including phenoxy) is 1. The first-order valence-electron chi connectivity index (χ1n) is 10.8. The lowest BCUT2D eigenvalue weighted by Crippen LogP contribution is -2.37. The maximum atomic E-state index is 11.9. The summed E-state index contributed by atoms with van der Waals surface area (Å²) < 4.78 is 26.9. The van der Waals surface area contributed by atoms with Gasteiger partial charge >= 0.3 is 5.97 Å². The molecule has 0 spiro atoms. The van der Waals surface area contributed by atoms with Gasteiger partial charge in [0.15, 0.2) is 0 Å². The van der Waals surface area contributed by atoms with Crippen LogP contribution in [0.2, 0.25) is 0 Å². The van der Waals surface area contributed by atoms with E-state index in [9.17, 15) is 19.4 Å². The Bertz CT molecular complexity index is 468. The molecule has 1 N–H and O–H groups in total. The van der Waals surface area contributed by atoms with E-state index in [0.29, 0.717) is 11.0 Å². The molecular weight excluding hydrogens is 397 g/mol. The molecule has 0 aliphatic heterocycles. The predicted octanol–water partition coefficient (Wildman–Crippen LogP) is 3.02. The van der Waals surface area contributed by atoms with Crippen LogP contribution in [0.3, 0.4) is 0 Å². The molecule has 0 heterocycles. The van der Waals surface area contributed by atoms with E-state index in [2.05, 4.69) is 6.92 Å². The van der Waals surface area contributed by atoms with E-state index >= 15 is 0 Å². The van der Waals surface area contributed by atoms with Gasteiger partial charge in [-0.25, -0.2) is 0 Å². The van der Waals surface area contributed by atoms with E-state index in [0.717, 1.165) is 19.3 Å². The molecule has 174 valence electrons. The number of unbranched alkanes of at least 4 members (excludes halogenated alkanes) is 8. The smallest absolute Gasteiger partial charge is 0.306 e. The zero-order chi connectivity index (χ0) is 22.2. The lowest BCUT2D eigenvalue weighted by molar-refractivity contribution is -0.870. The number of likely N-dealkylation sites (N-methyl/N-ethyl adjacent to an activating group) is 1. The highest BCUT2D eigenvalue weighted by atomic mass is 31.2. The molecule has 0 fully saturated rings. The molecule has 0 rings (SSSR count). The van der Waals surface area contributed by atoms with Gasteiger partial charge in [0.1, 0.15) is 19.3 Å². The van der Waals surface area contributed by atoms with E-state index < -0.39 is 33.1 Å². The summed E-state index contributed by atoms with van der Waals surface area (Å²) in [6.07, 6.45) is 9.53. The van der Waals surface area contributed by atoms with E-state index in [1.807, 2.05) is 21.1 Å². The van der Waals surface area contributed by atoms with Gasteiger partial charge in [-0.05, 0) is 6.42 Å². The van der Waals surface area contributed by atoms with E-state index in [1.165, 1.54) is 38.5 Å². The lowest BCUT2D eigenvalue weighted by atomic mass is 10.1. The highest BCUT2D eigenvalue weighted by Gasteiger charge is 2.19. The van der Waals surface area contributed by atoms with Gasteiger partial charge in [-0.1, -0.05) is 58.3 Å². The molecule has 0 aromatic rings. The maximum Gasteiger partial charge on any atom is 0.306 e. The fraction of sp³-hybridized carbons (Fsp3) is 0.950. The molecule has 0 amide bonds. The summed E-state index contributed by atoms with van der Waals surface area (Å²) in [6.45, 7) is 1.72. The monoisotopic (exact) mass is 439 g/mol. The van der Waals surface area contributed by atoms with Crippen molar-refractivity contribution in [2.24, 2.45) is 0 Å². The van der Waals surface area contributed by atoms with Crippen LogP contribution < -0.4 is 4.89 Å². The number of phosphoric ester groups is 1. The van der Waals surface area contributed by atoms with Gasteiger partial charge in [0.25, 0.3) is 7.82 Å². The average molecular weight is 440 g/mol. The molecule has 8 nitrogen and oxygen atoms in total. The molecule has 0 bridgehead atoms. The van der Waals surface area contributed by atoms with Crippen LogP contribution in [0.4, 0.5) is 0 Å². The van der Waals surface area contributed by atoms with Gasteiger partial charge in [-0.15, -0.1) is 0 Å². The van der Waals surface area contributed by atoms with Crippen LogP contribution in [0, 0.1) is 0 Å². The third-order valence-corrected chi connectivity index (χ3v) is 5.38. The zero-order valence-electron chi connectivity index (χ0n) is 18.8. The number of phosphoric acid groups is 1. The first-order chi connectivity index (χ1) is 13.6. The van der Waals surface area contributed by atoms with Gasteiger partial charge < -0.3 is 28.3 Å². The molecule has 9 heteroatoms. The molecule has 0 aliphatic rings. The van der Waals surface area contributed by atoms with Crippen molar-refractivity contribution >= 4 is 13.8 Å². The second-order valence-corrected chi connectivity index (χ2v) is 9.87. The molecule has 0 saturated heterocycles. The highest BCUT2D eigenvalue weighted by molar-refractivity contribution is 7.45. The lowest BCUT2D eigenvalue weighted by Gasteiger charge is -2.28. The number of hydrogen-bond donors (Lipinski definition) is 1. The van der Waals surface area contributed by atoms with Gasteiger partial charge in [0, 0.05) is 6.42 Å². The first kappa shape index (κ1) is 28.5. The predicted molar refractivity (Wildman–Crippen MR) is 111 cm³/mol. The number of hydrogen-bond acceptors (Lipinski definition) is 7. The van der Waals surface area contributed by atoms with Crippen molar-refractivity contribution < 1.29 is 37.6 Å². The molecule has 0 aromatic heterocycles. The number of carbonyl (C=O) groups is 1. The molecule has 0 aliphatic carbocycles. The Morgan fingerprint density at radius 1 is 1.00 bits per heavy atom. The van der Waals surface area contributed by atoms with Crippen LogP contribution in [0.25, 0.3) is 0 Å². The van der Waals surface area contributed by atoms with Gasteiger partial charge in [-0.2, -0.15) is 0 Å². The minimum absolute atomic E-state index is 0.00748. The van der Waals surface area contributed by atoms with Crippen LogP contribution in [0.15, 0.2) is 0 Å². The summed E-state index contributed by atoms with van der Waals surface area (Å²) in [5.74, 6) is -0.456. The third kappa shape index (κ3) is 19.2. The van der Waals surface area contributed by atoms with Crippen molar-refractivity contribution in [2.75, 3.05) is 47.5 Å². The number of aliphatic hydroxyl groups is 1. The fourth-order valence-corrected chi connectivity index (χ4v) is 3.32. The first-order valence-corrected chi connectivity index (χ1v) is 12.3. The van der Waals surface area contributed by atoms with Crippen molar-refractivity contribution in [1.29, 1.82) is 0 Å². The van der Waals surface area contributed by atoms with Crippen LogP contribution in [0.5, 0.6) is 0 Å². The van der Waals surface area contributed by atoms with Crippen LogP contribution >= 0.6 is 7.82 Å². The molecule has 0 saturated carbocycles. The fourth-order valence-electron chi connectivity index (χ4n) is 2.59. The van der Waals surface area contributed by atoms with Crippen LogP contribution in [-0.4, -0.2) is 69.2 Å². The van der Waals surface area contributed by atoms with Crippen molar-refractivity contribution in [2.45, 2.75) is 77.2 Å². The maximum absolute atomic E-state index is 11.9. The van der Waals surface area contributed by atoms with Gasteiger partial charge in [0.2, 0.25) is 0 Å². The van der Waals surface area contributed by atoms with Crippen LogP contribution in [-0.2, 0) is 23.1 Å². The number of rotatable bonds is 19. The number of esters is 1. The molecule has 0 radical (unpaired) electrons. The van der Waals surface area contributed by atoms with Gasteiger partial charge in [0.05, 0.1) is 34.4 Å². The second kappa shape index (κ2) is 16.2. The number of aliphatic hydroxyl groups excluding tert-OH is 1. The topological polar surface area (TPSA) is 105 Å². The Kier molecular flexibility index (Phi) is 15.9. The Hall–Kier alpha value is -0.500. The molecular formula is C20H42NO7P. The summed E-state index contributed by atoms with van der Waals surface area (Å²) in [7, 11) is 1.24. The quantitative estimate of drug-likeness (QED) is 0.143. The normalized spacial score (nSPS) is 15.1. The minimum Gasteiger partial charge on any atom is -0.756 e. The molecule has 2 atom stereocenters. The molecule has 1 unspecified atom stereocenters. The summed E-state index contributed by atoms with van der Waals surface area (Å²) >= 11 is 0. The van der Waals surface area contributed by atoms with E-state index in [4.69, 9.17) is 13.8 Å². The summed E-state index contributed by atoms with van der Waals surface area (Å²) in [6, 6.07) is 0. The number of carbonyl (C=O) groups excluding carboxylic acids is 1. The standard InChI is InChI=1S/C20H42NO7P/c1-5-6-7-8-9-10-11-12-13-14-20(23)28-19(17-22)18-27-29(24,25)26-16-15-21(2,3)4/h19,22H,5-18H2,1-4H3/t19-/m1/s1. The highest BCUT2D eigenvalue weighted by Crippen LogP contribution is 2.38. The Morgan fingerprint density at radius 2 is 1.55 bits per heavy atom. The summed E-state index contributed by atoms with van der Waals surface area (Å²) in [4.78, 5) is 23.6. The molecule has 0 aromatic carbocycles. The van der Waals surface area contributed by atoms with Gasteiger partial charge in [-0.3, -0.25) is 9.36 Å². The number of nitrogens with zero attached hydrogens (tertiary/aromatic N) is 1. The third-order valence-electron chi connectivity index (χ3n) is 4.42. The second-order valence-electron chi connectivity index (χ2n) is 8.46. The summed E-state index contributed by atoms with van der Waals surface area (Å²) in [5.41, 5.74) is 0. The van der Waals surface area contributed by atoms with Crippen molar-refractivity contribution in [1.82, 2.24) is 0 Å². The zero-order valence-corrected chi connectivity index (χ0v) is 19.7. The average Bonchev–Trinajstić information content (AvgIpc) is 2.62. The Morgan fingerprint density at radius 3 is 2.07 bits per heavy atom. The Balaban J connectivity index is 3.89. The number of quaternary nitrogens is 1. The SMILES string of the molecule is CCCCCCCCCCCC(=O)O[C@H](CO)COP(=O)([O-])OCC[N+](C)(C)C. The molecule has 29 heavy (non-hydrogen) atoms. The van der Waals surface area contributed by atoms with Crippen molar-refractivity contribution in [3.63, 3.8) is 0 Å². The van der Waals surface area contributed by atoms with Crippen LogP contribution in [0.1, 0.15) is 71.1 Å². The van der Waals surface area contributed by atoms with E-state index in [1.54, 1.807) is 0 Å². The Labute approximate surface area is 176 Å². The largest absolute Gasteiger partial charge is 0.756 e.